The molecule has 1 heterocycles. The summed E-state index contributed by atoms with van der Waals surface area (Å²) in [6.07, 6.45) is 17.4. The summed E-state index contributed by atoms with van der Waals surface area (Å²) in [5.41, 5.74) is 11.0. The third-order valence-corrected chi connectivity index (χ3v) is 21.5. The molecule has 3 heteroatoms. The van der Waals surface area contributed by atoms with Crippen LogP contribution < -0.4 is 13.7 Å². The molecule has 0 spiro atoms. The summed E-state index contributed by atoms with van der Waals surface area (Å²) >= 11 is -3.53. The average Bonchev–Trinajstić information content (AvgIpc) is 3.67. The van der Waals surface area contributed by atoms with E-state index in [-0.39, 0.29) is 0 Å². The zero-order valence-corrected chi connectivity index (χ0v) is 37.7. The number of benzene rings is 7. The number of nitrogens with zero attached hydrogens (tertiary/aromatic N) is 2. The van der Waals surface area contributed by atoms with Crippen molar-refractivity contribution in [3.8, 4) is 16.8 Å². The fraction of sp³-hybridized carbons (Fsp3) is 0. The van der Waals surface area contributed by atoms with Crippen molar-refractivity contribution in [1.29, 1.82) is 0 Å². The number of hydrogen-bond acceptors (Lipinski definition) is 1. The van der Waals surface area contributed by atoms with Crippen LogP contribution in [-0.2, 0) is 0 Å². The molecule has 0 aliphatic rings. The Labute approximate surface area is 375 Å². The van der Waals surface area contributed by atoms with Crippen LogP contribution in [0.15, 0.2) is 279 Å². The van der Waals surface area contributed by atoms with E-state index in [0.29, 0.717) is 0 Å². The Morgan fingerprint density at radius 2 is 0.984 bits per heavy atom. The van der Waals surface area contributed by atoms with Crippen molar-refractivity contribution in [2.24, 2.45) is 0 Å². The summed E-state index contributed by atoms with van der Waals surface area (Å²) in [7, 11) is 0. The van der Waals surface area contributed by atoms with Gasteiger partial charge in [-0.2, -0.15) is 0 Å². The van der Waals surface area contributed by atoms with Crippen molar-refractivity contribution in [2.45, 2.75) is 0 Å². The third kappa shape index (κ3) is 8.13. The summed E-state index contributed by atoms with van der Waals surface area (Å²) < 4.78 is 7.02. The van der Waals surface area contributed by atoms with Gasteiger partial charge >= 0.3 is 253 Å². The molecule has 7 aromatic carbocycles. The Hall–Kier alpha value is -7.66. The van der Waals surface area contributed by atoms with Crippen LogP contribution in [0.2, 0.25) is 0 Å². The number of anilines is 3. The minimum absolute atomic E-state index is 1.02. The van der Waals surface area contributed by atoms with Gasteiger partial charge in [0.15, 0.2) is 0 Å². The molecule has 0 unspecified atom stereocenters. The number of rotatable bonds is 16. The van der Waals surface area contributed by atoms with Crippen molar-refractivity contribution in [2.75, 3.05) is 4.90 Å². The quantitative estimate of drug-likeness (QED) is 0.0694. The van der Waals surface area contributed by atoms with Gasteiger partial charge in [0, 0.05) is 11.1 Å². The first-order valence-corrected chi connectivity index (χ1v) is 25.3. The van der Waals surface area contributed by atoms with Gasteiger partial charge in [0.1, 0.15) is 0 Å². The van der Waals surface area contributed by atoms with Crippen molar-refractivity contribution in [3.63, 3.8) is 0 Å². The minimum atomic E-state index is -3.53. The van der Waals surface area contributed by atoms with Gasteiger partial charge in [0.2, 0.25) is 0 Å². The molecular formula is C60H50GeN2. The second-order valence-electron chi connectivity index (χ2n) is 15.3. The van der Waals surface area contributed by atoms with Crippen molar-refractivity contribution in [1.82, 2.24) is 4.57 Å². The Balaban J connectivity index is 1.22. The number of fused-ring (bicyclic) bond motifs is 3. The van der Waals surface area contributed by atoms with Gasteiger partial charge in [-0.05, 0) is 29.3 Å². The standard InChI is InChI=1S/C60H50GeN2/c1-7-11-22-45(5)61(46(6)23-12-8-2,51-24-15-13-16-25-51)52-36-30-49(31-37-52)50-34-40-55(41-35-50)62(54-38-32-48(33-39-54)47(10-4)21-9-3)56-42-43-60-58(44-56)57-28-19-20-29-59(57)63(60)53-26-17-14-18-27-53/h7-44H,1-6H2/b22-11-,23-12-,47-21+. The first-order valence-electron chi connectivity index (χ1n) is 21.1. The molecule has 0 aliphatic carbocycles. The van der Waals surface area contributed by atoms with Crippen molar-refractivity contribution in [3.05, 3.63) is 284 Å². The van der Waals surface area contributed by atoms with E-state index in [1.54, 1.807) is 18.2 Å². The summed E-state index contributed by atoms with van der Waals surface area (Å²) in [5, 5.41) is 2.40. The molecule has 0 fully saturated rings. The summed E-state index contributed by atoms with van der Waals surface area (Å²) in [6.45, 7) is 25.2. The topological polar surface area (TPSA) is 8.17 Å². The summed E-state index contributed by atoms with van der Waals surface area (Å²) in [4.78, 5) is 2.34. The number of para-hydroxylation sites is 2. The normalized spacial score (nSPS) is 11.8. The fourth-order valence-electron chi connectivity index (χ4n) is 8.75. The average molecular weight is 872 g/mol. The second-order valence-corrected chi connectivity index (χ2v) is 23.6. The SMILES string of the molecule is C=C/C=C\[C](=C)[Ge]([C](=C)/C=C\C=C)([c]1ccccc1)[c]1ccc(-c2ccc(N(c3ccc(/C(C=C)=C/C=C)cc3)c3ccc4c(c3)c3ccccc3n4-c3ccccc3)cc2)cc1. The number of allylic oxidation sites excluding steroid dienone is 12. The Bertz CT molecular complexity index is 3040. The van der Waals surface area contributed by atoms with E-state index in [1.807, 2.05) is 24.3 Å². The van der Waals surface area contributed by atoms with Gasteiger partial charge in [-0.3, -0.25) is 0 Å². The van der Waals surface area contributed by atoms with Gasteiger partial charge in [0.25, 0.3) is 0 Å². The van der Waals surface area contributed by atoms with Crippen LogP contribution in [0.1, 0.15) is 5.56 Å². The van der Waals surface area contributed by atoms with E-state index in [0.717, 1.165) is 59.3 Å². The van der Waals surface area contributed by atoms with Gasteiger partial charge in [-0.1, -0.05) is 67.8 Å². The number of aromatic nitrogens is 1. The molecule has 0 saturated carbocycles. The van der Waals surface area contributed by atoms with E-state index in [4.69, 9.17) is 0 Å². The molecule has 2 nitrogen and oxygen atoms in total. The Morgan fingerprint density at radius 1 is 0.476 bits per heavy atom. The second kappa shape index (κ2) is 18.9. The molecule has 8 aromatic rings. The molecule has 304 valence electrons. The van der Waals surface area contributed by atoms with E-state index >= 15 is 0 Å². The molecule has 0 radical (unpaired) electrons. The van der Waals surface area contributed by atoms with E-state index in [1.165, 1.54) is 25.1 Å². The first kappa shape index (κ1) is 42.1. The number of hydrogen-bond donors (Lipinski definition) is 0. The van der Waals surface area contributed by atoms with Crippen LogP contribution in [0, 0.1) is 0 Å². The monoisotopic (exact) mass is 872 g/mol. The Morgan fingerprint density at radius 3 is 1.57 bits per heavy atom. The van der Waals surface area contributed by atoms with Crippen LogP contribution in [0.25, 0.3) is 44.2 Å². The van der Waals surface area contributed by atoms with Gasteiger partial charge in [0.05, 0.1) is 11.0 Å². The van der Waals surface area contributed by atoms with E-state index in [9.17, 15) is 0 Å². The summed E-state index contributed by atoms with van der Waals surface area (Å²) in [5.74, 6) is 0. The van der Waals surface area contributed by atoms with Crippen molar-refractivity contribution >= 4 is 66.5 Å². The predicted octanol–water partition coefficient (Wildman–Crippen LogP) is 14.9. The molecule has 0 amide bonds. The summed E-state index contributed by atoms with van der Waals surface area (Å²) in [6, 6.07) is 63.4. The van der Waals surface area contributed by atoms with E-state index < -0.39 is 13.3 Å². The molecule has 8 rings (SSSR count). The van der Waals surface area contributed by atoms with Gasteiger partial charge in [-0.15, -0.1) is 0 Å². The zero-order chi connectivity index (χ0) is 43.8. The van der Waals surface area contributed by atoms with Gasteiger partial charge < -0.3 is 4.57 Å². The molecule has 0 atom stereocenters. The Kier molecular flexibility index (Phi) is 12.6. The maximum atomic E-state index is 4.69. The van der Waals surface area contributed by atoms with Crippen LogP contribution in [0.4, 0.5) is 17.1 Å². The van der Waals surface area contributed by atoms with Crippen molar-refractivity contribution < 1.29 is 0 Å². The molecule has 0 N–H and O–H groups in total. The molecule has 1 aromatic heterocycles. The van der Waals surface area contributed by atoms with Crippen LogP contribution in [0.5, 0.6) is 0 Å². The first-order chi connectivity index (χ1) is 30.9. The molecular weight excluding hydrogens is 821 g/mol. The fourth-order valence-corrected chi connectivity index (χ4v) is 17.7. The van der Waals surface area contributed by atoms with E-state index in [2.05, 4.69) is 237 Å². The van der Waals surface area contributed by atoms with Crippen LogP contribution >= 0.6 is 0 Å². The van der Waals surface area contributed by atoms with Gasteiger partial charge in [-0.25, -0.2) is 0 Å². The zero-order valence-electron chi connectivity index (χ0n) is 35.6. The molecule has 0 saturated heterocycles. The molecule has 63 heavy (non-hydrogen) atoms. The van der Waals surface area contributed by atoms with Crippen LogP contribution in [0.3, 0.4) is 0 Å². The predicted molar refractivity (Wildman–Crippen MR) is 278 cm³/mol. The maximum absolute atomic E-state index is 4.69. The van der Waals surface area contributed by atoms with Crippen LogP contribution in [-0.4, -0.2) is 17.8 Å². The molecule has 0 bridgehead atoms. The molecule has 0 aliphatic heterocycles. The third-order valence-electron chi connectivity index (χ3n) is 11.7.